The highest BCUT2D eigenvalue weighted by Crippen LogP contribution is 2.59. The number of aliphatic hydroxyl groups excluding tert-OH is 1. The molecule has 0 bridgehead atoms. The van der Waals surface area contributed by atoms with Crippen molar-refractivity contribution in [1.82, 2.24) is 4.90 Å². The number of para-hydroxylation sites is 1. The molecule has 9 atom stereocenters. The molecule has 4 aliphatic rings. The molecule has 0 aromatic heterocycles. The Labute approximate surface area is 224 Å². The predicted molar refractivity (Wildman–Crippen MR) is 139 cm³/mol. The molecular weight excluding hydrogens is 488 g/mol. The number of anilines is 1. The number of benzene rings is 1. The molecule has 38 heavy (non-hydrogen) atoms. The smallest absolute Gasteiger partial charge is 0.311 e. The summed E-state index contributed by atoms with van der Waals surface area (Å²) in [7, 11) is 0. The second kappa shape index (κ2) is 10.5. The lowest BCUT2D eigenvalue weighted by molar-refractivity contribution is -0.165. The van der Waals surface area contributed by atoms with Gasteiger partial charge in [-0.1, -0.05) is 32.0 Å². The lowest BCUT2D eigenvalue weighted by atomic mass is 9.66. The maximum absolute atomic E-state index is 13.2. The van der Waals surface area contributed by atoms with Gasteiger partial charge in [0, 0.05) is 75.9 Å². The highest BCUT2D eigenvalue weighted by molar-refractivity contribution is 5.76. The summed E-state index contributed by atoms with van der Waals surface area (Å²) >= 11 is 0. The number of ether oxygens (including phenoxy) is 3. The lowest BCUT2D eigenvalue weighted by Crippen LogP contribution is -2.53. The summed E-state index contributed by atoms with van der Waals surface area (Å²) < 4.78 is 17.4. The minimum Gasteiger partial charge on any atom is -0.462 e. The zero-order valence-corrected chi connectivity index (χ0v) is 22.7. The number of esters is 3. The zero-order valence-electron chi connectivity index (χ0n) is 22.7. The van der Waals surface area contributed by atoms with Gasteiger partial charge in [-0.3, -0.25) is 19.3 Å². The SMILES string of the molecule is CC(=O)OC1CC(OC(C)=O)C2(C)C(O)C3C(CC(C)C12)OC(=O)C3CN1CCN(c2ccccc2)CC1. The molecule has 208 valence electrons. The highest BCUT2D eigenvalue weighted by atomic mass is 16.6. The van der Waals surface area contributed by atoms with Crippen molar-refractivity contribution in [3.63, 3.8) is 0 Å². The molecule has 2 saturated heterocycles. The Morgan fingerprint density at radius 2 is 1.71 bits per heavy atom. The summed E-state index contributed by atoms with van der Waals surface area (Å²) in [6.45, 7) is 10.6. The van der Waals surface area contributed by atoms with Crippen LogP contribution in [0.3, 0.4) is 0 Å². The number of carbonyl (C=O) groups is 3. The molecule has 2 aliphatic carbocycles. The number of carbonyl (C=O) groups excluding carboxylic acids is 3. The van der Waals surface area contributed by atoms with Gasteiger partial charge in [-0.15, -0.1) is 0 Å². The maximum Gasteiger partial charge on any atom is 0.311 e. The number of fused-ring (bicyclic) bond motifs is 2. The zero-order chi connectivity index (χ0) is 27.2. The van der Waals surface area contributed by atoms with Crippen molar-refractivity contribution in [3.8, 4) is 0 Å². The van der Waals surface area contributed by atoms with Gasteiger partial charge >= 0.3 is 17.9 Å². The van der Waals surface area contributed by atoms with Crippen LogP contribution in [-0.2, 0) is 28.6 Å². The minimum absolute atomic E-state index is 0.0180. The van der Waals surface area contributed by atoms with Gasteiger partial charge in [-0.05, 0) is 24.5 Å². The highest BCUT2D eigenvalue weighted by Gasteiger charge is 2.67. The molecule has 4 fully saturated rings. The van der Waals surface area contributed by atoms with Gasteiger partial charge in [0.15, 0.2) is 0 Å². The van der Waals surface area contributed by atoms with E-state index in [1.54, 1.807) is 0 Å². The van der Waals surface area contributed by atoms with Crippen molar-refractivity contribution in [1.29, 1.82) is 0 Å². The molecule has 2 aliphatic heterocycles. The van der Waals surface area contributed by atoms with Crippen molar-refractivity contribution in [2.24, 2.45) is 29.1 Å². The maximum atomic E-state index is 13.2. The molecular formula is C29H40N2O7. The number of aliphatic hydroxyl groups is 1. The van der Waals surface area contributed by atoms with Crippen LogP contribution in [0, 0.1) is 29.1 Å². The fraction of sp³-hybridized carbons (Fsp3) is 0.690. The van der Waals surface area contributed by atoms with E-state index in [0.29, 0.717) is 19.4 Å². The van der Waals surface area contributed by atoms with Crippen molar-refractivity contribution >= 4 is 23.6 Å². The first-order valence-electron chi connectivity index (χ1n) is 13.8. The normalized spacial score (nSPS) is 39.1. The van der Waals surface area contributed by atoms with E-state index < -0.39 is 53.6 Å². The first-order chi connectivity index (χ1) is 18.1. The van der Waals surface area contributed by atoms with E-state index in [4.69, 9.17) is 14.2 Å². The van der Waals surface area contributed by atoms with Crippen LogP contribution in [0.2, 0.25) is 0 Å². The van der Waals surface area contributed by atoms with E-state index >= 15 is 0 Å². The number of nitrogens with zero attached hydrogens (tertiary/aromatic N) is 2. The van der Waals surface area contributed by atoms with Crippen LogP contribution < -0.4 is 4.90 Å². The molecule has 1 N–H and O–H groups in total. The monoisotopic (exact) mass is 528 g/mol. The van der Waals surface area contributed by atoms with Crippen molar-refractivity contribution in [2.45, 2.75) is 65.0 Å². The second-order valence-corrected chi connectivity index (χ2v) is 11.8. The average molecular weight is 529 g/mol. The third-order valence-corrected chi connectivity index (χ3v) is 9.52. The van der Waals surface area contributed by atoms with Crippen LogP contribution in [0.4, 0.5) is 5.69 Å². The Morgan fingerprint density at radius 1 is 1.05 bits per heavy atom. The summed E-state index contributed by atoms with van der Waals surface area (Å²) in [5, 5.41) is 12.1. The van der Waals surface area contributed by atoms with Gasteiger partial charge < -0.3 is 24.2 Å². The van der Waals surface area contributed by atoms with E-state index in [0.717, 1.165) is 26.2 Å². The Kier molecular flexibility index (Phi) is 7.44. The van der Waals surface area contributed by atoms with Gasteiger partial charge in [0.25, 0.3) is 0 Å². The van der Waals surface area contributed by atoms with E-state index in [9.17, 15) is 19.5 Å². The summed E-state index contributed by atoms with van der Waals surface area (Å²) in [5.74, 6) is -2.26. The van der Waals surface area contributed by atoms with E-state index in [1.807, 2.05) is 25.1 Å². The van der Waals surface area contributed by atoms with Crippen LogP contribution in [-0.4, -0.2) is 85.1 Å². The fourth-order valence-corrected chi connectivity index (χ4v) is 7.89. The Morgan fingerprint density at radius 3 is 2.34 bits per heavy atom. The Hall–Kier alpha value is -2.65. The first-order valence-corrected chi connectivity index (χ1v) is 13.8. The van der Waals surface area contributed by atoms with Crippen molar-refractivity contribution in [3.05, 3.63) is 30.3 Å². The third-order valence-electron chi connectivity index (χ3n) is 9.52. The number of hydrogen-bond acceptors (Lipinski definition) is 9. The Balaban J connectivity index is 1.37. The van der Waals surface area contributed by atoms with Crippen molar-refractivity contribution in [2.75, 3.05) is 37.6 Å². The second-order valence-electron chi connectivity index (χ2n) is 11.8. The average Bonchev–Trinajstić information content (AvgIpc) is 3.28. The van der Waals surface area contributed by atoms with E-state index in [1.165, 1.54) is 19.5 Å². The molecule has 9 unspecified atom stereocenters. The van der Waals surface area contributed by atoms with Crippen LogP contribution in [0.25, 0.3) is 0 Å². The third kappa shape index (κ3) is 4.79. The van der Waals surface area contributed by atoms with Crippen LogP contribution >= 0.6 is 0 Å². The van der Waals surface area contributed by atoms with Crippen LogP contribution in [0.15, 0.2) is 30.3 Å². The summed E-state index contributed by atoms with van der Waals surface area (Å²) in [5.41, 5.74) is 0.308. The number of hydrogen-bond donors (Lipinski definition) is 1. The summed E-state index contributed by atoms with van der Waals surface area (Å²) in [6, 6.07) is 10.3. The van der Waals surface area contributed by atoms with E-state index in [-0.39, 0.29) is 17.8 Å². The predicted octanol–water partition coefficient (Wildman–Crippen LogP) is 2.26. The van der Waals surface area contributed by atoms with Gasteiger partial charge in [0.05, 0.1) is 12.0 Å². The molecule has 0 amide bonds. The molecule has 0 spiro atoms. The lowest BCUT2D eigenvalue weighted by Gasteiger charge is -2.44. The molecule has 5 rings (SSSR count). The topological polar surface area (TPSA) is 106 Å². The van der Waals surface area contributed by atoms with Crippen molar-refractivity contribution < 1.29 is 33.7 Å². The van der Waals surface area contributed by atoms with Crippen LogP contribution in [0.5, 0.6) is 0 Å². The molecule has 0 radical (unpaired) electrons. The largest absolute Gasteiger partial charge is 0.462 e. The molecule has 1 aromatic carbocycles. The number of piperazine rings is 1. The van der Waals surface area contributed by atoms with Gasteiger partial charge in [0.1, 0.15) is 18.3 Å². The summed E-state index contributed by atoms with van der Waals surface area (Å²) in [4.78, 5) is 41.8. The quantitative estimate of drug-likeness (QED) is 0.455. The summed E-state index contributed by atoms with van der Waals surface area (Å²) in [6.07, 6.45) is -1.60. The molecule has 2 saturated carbocycles. The first kappa shape index (κ1) is 26.9. The van der Waals surface area contributed by atoms with E-state index in [2.05, 4.69) is 28.9 Å². The van der Waals surface area contributed by atoms with Gasteiger partial charge in [-0.25, -0.2) is 0 Å². The molecule has 9 heteroatoms. The Bertz CT molecular complexity index is 1040. The van der Waals surface area contributed by atoms with Gasteiger partial charge in [0.2, 0.25) is 0 Å². The number of rotatable bonds is 5. The fourth-order valence-electron chi connectivity index (χ4n) is 7.89. The molecule has 9 nitrogen and oxygen atoms in total. The van der Waals surface area contributed by atoms with Crippen LogP contribution in [0.1, 0.15) is 40.5 Å². The standard InChI is InChI=1S/C29H40N2O7/c1-17-14-22-25(27(34)29(4)24(37-19(3)33)15-23(26(17)29)36-18(2)32)21(28(35)38-22)16-30-10-12-31(13-11-30)20-8-6-5-7-9-20/h5-9,17,21-27,34H,10-16H2,1-4H3. The molecule has 1 aromatic rings. The minimum atomic E-state index is -0.964. The molecule has 2 heterocycles. The van der Waals surface area contributed by atoms with Gasteiger partial charge in [-0.2, -0.15) is 0 Å².